The highest BCUT2D eigenvalue weighted by molar-refractivity contribution is 5.70. The van der Waals surface area contributed by atoms with Gasteiger partial charge in [0.1, 0.15) is 5.75 Å². The summed E-state index contributed by atoms with van der Waals surface area (Å²) >= 11 is 0. The Morgan fingerprint density at radius 3 is 2.95 bits per heavy atom. The second kappa shape index (κ2) is 7.23. The fourth-order valence-electron chi connectivity index (χ4n) is 1.66. The molecule has 0 aliphatic carbocycles. The van der Waals surface area contributed by atoms with E-state index in [9.17, 15) is 4.79 Å². The Labute approximate surface area is 123 Å². The molecule has 0 aliphatic heterocycles. The minimum absolute atomic E-state index is 0.103. The molecule has 0 atom stereocenters. The molecule has 1 N–H and O–H groups in total. The van der Waals surface area contributed by atoms with Crippen molar-refractivity contribution >= 4 is 11.9 Å². The standard InChI is InChI=1S/C15H17N3O3/c1-11-6-7-16-15(18-11)17-9-12-4-3-5-13(8-12)21-10-14(19)20-2/h3-8H,9-10H2,1-2H3,(H,16,17,18). The fraction of sp³-hybridized carbons (Fsp3) is 0.267. The number of methoxy groups -OCH3 is 1. The average molecular weight is 287 g/mol. The maximum Gasteiger partial charge on any atom is 0.343 e. The van der Waals surface area contributed by atoms with Crippen molar-refractivity contribution in [2.45, 2.75) is 13.5 Å². The van der Waals surface area contributed by atoms with Gasteiger partial charge in [-0.15, -0.1) is 0 Å². The number of ether oxygens (including phenoxy) is 2. The average Bonchev–Trinajstić information content (AvgIpc) is 2.51. The van der Waals surface area contributed by atoms with Gasteiger partial charge in [0, 0.05) is 18.4 Å². The zero-order chi connectivity index (χ0) is 15.1. The lowest BCUT2D eigenvalue weighted by Crippen LogP contribution is -2.12. The Morgan fingerprint density at radius 2 is 2.19 bits per heavy atom. The molecule has 6 heteroatoms. The Kier molecular flexibility index (Phi) is 5.09. The van der Waals surface area contributed by atoms with Crippen LogP contribution in [0.2, 0.25) is 0 Å². The smallest absolute Gasteiger partial charge is 0.343 e. The molecule has 0 bridgehead atoms. The summed E-state index contributed by atoms with van der Waals surface area (Å²) < 4.78 is 9.86. The van der Waals surface area contributed by atoms with Crippen molar-refractivity contribution in [1.82, 2.24) is 9.97 Å². The summed E-state index contributed by atoms with van der Waals surface area (Å²) in [5.41, 5.74) is 1.91. The van der Waals surface area contributed by atoms with Crippen molar-refractivity contribution in [3.8, 4) is 5.75 Å². The van der Waals surface area contributed by atoms with E-state index in [0.29, 0.717) is 18.2 Å². The molecule has 1 heterocycles. The lowest BCUT2D eigenvalue weighted by atomic mass is 10.2. The number of aromatic nitrogens is 2. The molecular formula is C15H17N3O3. The number of carbonyl (C=O) groups excluding carboxylic acids is 1. The van der Waals surface area contributed by atoms with Gasteiger partial charge in [0.2, 0.25) is 5.95 Å². The summed E-state index contributed by atoms with van der Waals surface area (Å²) in [5.74, 6) is 0.785. The number of rotatable bonds is 6. The normalized spacial score (nSPS) is 10.0. The Hall–Kier alpha value is -2.63. The molecule has 2 rings (SSSR count). The topological polar surface area (TPSA) is 73.3 Å². The van der Waals surface area contributed by atoms with Crippen LogP contribution in [0.4, 0.5) is 5.95 Å². The van der Waals surface area contributed by atoms with E-state index in [1.807, 2.05) is 31.2 Å². The molecule has 21 heavy (non-hydrogen) atoms. The Morgan fingerprint density at radius 1 is 1.33 bits per heavy atom. The molecule has 1 aromatic heterocycles. The minimum Gasteiger partial charge on any atom is -0.482 e. The number of hydrogen-bond acceptors (Lipinski definition) is 6. The summed E-state index contributed by atoms with van der Waals surface area (Å²) in [7, 11) is 1.33. The highest BCUT2D eigenvalue weighted by Crippen LogP contribution is 2.14. The summed E-state index contributed by atoms with van der Waals surface area (Å²) in [4.78, 5) is 19.4. The van der Waals surface area contributed by atoms with Crippen molar-refractivity contribution in [2.24, 2.45) is 0 Å². The van der Waals surface area contributed by atoms with Gasteiger partial charge in [0.15, 0.2) is 6.61 Å². The quantitative estimate of drug-likeness (QED) is 0.819. The fourth-order valence-corrected chi connectivity index (χ4v) is 1.66. The first-order chi connectivity index (χ1) is 10.2. The molecule has 0 aliphatic rings. The molecule has 0 spiro atoms. The molecule has 0 saturated carbocycles. The molecule has 0 saturated heterocycles. The third-order valence-corrected chi connectivity index (χ3v) is 2.73. The molecule has 0 unspecified atom stereocenters. The summed E-state index contributed by atoms with van der Waals surface area (Å²) in [5, 5.41) is 3.14. The van der Waals surface area contributed by atoms with Gasteiger partial charge in [-0.05, 0) is 30.7 Å². The first-order valence-electron chi connectivity index (χ1n) is 6.49. The van der Waals surface area contributed by atoms with Crippen LogP contribution in [0.1, 0.15) is 11.3 Å². The van der Waals surface area contributed by atoms with E-state index in [0.717, 1.165) is 11.3 Å². The second-order valence-corrected chi connectivity index (χ2v) is 4.39. The van der Waals surface area contributed by atoms with Crippen LogP contribution >= 0.6 is 0 Å². The molecular weight excluding hydrogens is 270 g/mol. The molecule has 0 fully saturated rings. The predicted octanol–water partition coefficient (Wildman–Crippen LogP) is 1.95. The third-order valence-electron chi connectivity index (χ3n) is 2.73. The number of hydrogen-bond donors (Lipinski definition) is 1. The maximum atomic E-state index is 11.0. The number of esters is 1. The Balaban J connectivity index is 1.93. The van der Waals surface area contributed by atoms with Gasteiger partial charge in [-0.2, -0.15) is 0 Å². The van der Waals surface area contributed by atoms with Crippen molar-refractivity contribution in [2.75, 3.05) is 19.0 Å². The zero-order valence-electron chi connectivity index (χ0n) is 12.0. The van der Waals surface area contributed by atoms with Crippen LogP contribution in [0.5, 0.6) is 5.75 Å². The predicted molar refractivity (Wildman–Crippen MR) is 78.0 cm³/mol. The van der Waals surface area contributed by atoms with E-state index in [2.05, 4.69) is 20.0 Å². The minimum atomic E-state index is -0.410. The van der Waals surface area contributed by atoms with Gasteiger partial charge in [0.05, 0.1) is 7.11 Å². The molecule has 110 valence electrons. The first-order valence-corrected chi connectivity index (χ1v) is 6.49. The summed E-state index contributed by atoms with van der Waals surface area (Å²) in [6.07, 6.45) is 1.71. The van der Waals surface area contributed by atoms with Crippen LogP contribution in [-0.4, -0.2) is 29.7 Å². The number of benzene rings is 1. The van der Waals surface area contributed by atoms with E-state index < -0.39 is 5.97 Å². The van der Waals surface area contributed by atoms with Gasteiger partial charge < -0.3 is 14.8 Å². The maximum absolute atomic E-state index is 11.0. The van der Waals surface area contributed by atoms with E-state index >= 15 is 0 Å². The van der Waals surface area contributed by atoms with Gasteiger partial charge in [-0.25, -0.2) is 14.8 Å². The number of nitrogens with zero attached hydrogens (tertiary/aromatic N) is 2. The van der Waals surface area contributed by atoms with Crippen LogP contribution in [0.15, 0.2) is 36.5 Å². The third kappa shape index (κ3) is 4.76. The van der Waals surface area contributed by atoms with Crippen molar-refractivity contribution in [3.63, 3.8) is 0 Å². The molecule has 2 aromatic rings. The van der Waals surface area contributed by atoms with Crippen LogP contribution < -0.4 is 10.1 Å². The van der Waals surface area contributed by atoms with Crippen LogP contribution in [0.3, 0.4) is 0 Å². The highest BCUT2D eigenvalue weighted by Gasteiger charge is 2.03. The van der Waals surface area contributed by atoms with Gasteiger partial charge >= 0.3 is 5.97 Å². The lowest BCUT2D eigenvalue weighted by molar-refractivity contribution is -0.142. The molecule has 0 amide bonds. The zero-order valence-corrected chi connectivity index (χ0v) is 12.0. The monoisotopic (exact) mass is 287 g/mol. The van der Waals surface area contributed by atoms with Gasteiger partial charge in [-0.3, -0.25) is 0 Å². The largest absolute Gasteiger partial charge is 0.482 e. The molecule has 6 nitrogen and oxygen atoms in total. The number of nitrogens with one attached hydrogen (secondary N) is 1. The molecule has 0 radical (unpaired) electrons. The highest BCUT2D eigenvalue weighted by atomic mass is 16.6. The van der Waals surface area contributed by atoms with E-state index in [4.69, 9.17) is 4.74 Å². The second-order valence-electron chi connectivity index (χ2n) is 4.39. The van der Waals surface area contributed by atoms with Gasteiger partial charge in [-0.1, -0.05) is 12.1 Å². The van der Waals surface area contributed by atoms with Crippen LogP contribution in [-0.2, 0) is 16.1 Å². The van der Waals surface area contributed by atoms with Crippen molar-refractivity contribution in [1.29, 1.82) is 0 Å². The van der Waals surface area contributed by atoms with Gasteiger partial charge in [0.25, 0.3) is 0 Å². The van der Waals surface area contributed by atoms with Crippen molar-refractivity contribution < 1.29 is 14.3 Å². The van der Waals surface area contributed by atoms with E-state index in [1.165, 1.54) is 7.11 Å². The van der Waals surface area contributed by atoms with E-state index in [-0.39, 0.29) is 6.61 Å². The first kappa shape index (κ1) is 14.8. The summed E-state index contributed by atoms with van der Waals surface area (Å²) in [6, 6.07) is 9.29. The van der Waals surface area contributed by atoms with E-state index in [1.54, 1.807) is 12.3 Å². The number of aryl methyl sites for hydroxylation is 1. The summed E-state index contributed by atoms with van der Waals surface area (Å²) in [6.45, 7) is 2.38. The Bertz CT molecular complexity index is 617. The van der Waals surface area contributed by atoms with Crippen LogP contribution in [0, 0.1) is 6.92 Å². The molecule has 1 aromatic carbocycles. The number of carbonyl (C=O) groups is 1. The number of anilines is 1. The lowest BCUT2D eigenvalue weighted by Gasteiger charge is -2.08. The van der Waals surface area contributed by atoms with Crippen LogP contribution in [0.25, 0.3) is 0 Å². The van der Waals surface area contributed by atoms with Crippen molar-refractivity contribution in [3.05, 3.63) is 47.8 Å². The SMILES string of the molecule is COC(=O)COc1cccc(CNc2nccc(C)n2)c1.